The molecule has 1 atom stereocenters. The van der Waals surface area contributed by atoms with Crippen molar-refractivity contribution in [1.29, 1.82) is 0 Å². The predicted molar refractivity (Wildman–Crippen MR) is 112 cm³/mol. The molecule has 0 radical (unpaired) electrons. The van der Waals surface area contributed by atoms with E-state index in [1.54, 1.807) is 6.92 Å². The Bertz CT molecular complexity index is 852. The molecule has 28 heavy (non-hydrogen) atoms. The van der Waals surface area contributed by atoms with Gasteiger partial charge >= 0.3 is 6.03 Å². The molecule has 0 aliphatic heterocycles. The number of hydrogen-bond donors (Lipinski definition) is 3. The summed E-state index contributed by atoms with van der Waals surface area (Å²) in [4.78, 5) is 24.4. The molecule has 2 aromatic rings. The Kier molecular flexibility index (Phi) is 6.95. The number of carbonyl (C=O) groups is 2. The third-order valence-electron chi connectivity index (χ3n) is 4.61. The molecule has 1 fully saturated rings. The summed E-state index contributed by atoms with van der Waals surface area (Å²) >= 11 is 4.61. The zero-order chi connectivity index (χ0) is 20.1. The molecule has 1 heterocycles. The predicted octanol–water partition coefficient (Wildman–Crippen LogP) is 3.06. The van der Waals surface area contributed by atoms with E-state index in [0.29, 0.717) is 11.0 Å². The summed E-state index contributed by atoms with van der Waals surface area (Å²) in [5.41, 5.74) is 0.799. The fraction of sp³-hybridized carbons (Fsp3) is 0.444. The van der Waals surface area contributed by atoms with E-state index in [4.69, 9.17) is 5.84 Å². The van der Waals surface area contributed by atoms with Crippen LogP contribution in [0.25, 0.3) is 11.4 Å². The fourth-order valence-electron chi connectivity index (χ4n) is 3.08. The Morgan fingerprint density at radius 3 is 2.68 bits per heavy atom. The van der Waals surface area contributed by atoms with Gasteiger partial charge in [-0.3, -0.25) is 10.1 Å². The highest BCUT2D eigenvalue weighted by Gasteiger charge is 2.23. The Balaban J connectivity index is 1.58. The number of benzene rings is 1. The lowest BCUT2D eigenvalue weighted by Gasteiger charge is -2.22. The number of nitrogens with one attached hydrogen (secondary N) is 2. The number of hydrogen-bond acceptors (Lipinski definition) is 6. The molecule has 0 unspecified atom stereocenters. The summed E-state index contributed by atoms with van der Waals surface area (Å²) in [6.45, 7) is 1.70. The van der Waals surface area contributed by atoms with Crippen LogP contribution in [0.5, 0.6) is 0 Å². The lowest BCUT2D eigenvalue weighted by molar-refractivity contribution is -0.119. The van der Waals surface area contributed by atoms with Gasteiger partial charge in [0.05, 0.1) is 5.25 Å². The van der Waals surface area contributed by atoms with Crippen molar-refractivity contribution in [3.63, 3.8) is 0 Å². The van der Waals surface area contributed by atoms with E-state index in [9.17, 15) is 9.59 Å². The van der Waals surface area contributed by atoms with Crippen LogP contribution in [-0.2, 0) is 4.79 Å². The number of urea groups is 1. The minimum absolute atomic E-state index is 0.142. The van der Waals surface area contributed by atoms with Gasteiger partial charge in [-0.15, -0.1) is 10.2 Å². The molecule has 0 bridgehead atoms. The van der Waals surface area contributed by atoms with Crippen LogP contribution in [0.4, 0.5) is 4.79 Å². The van der Waals surface area contributed by atoms with E-state index in [0.717, 1.165) is 47.5 Å². The first-order valence-corrected chi connectivity index (χ1v) is 10.9. The summed E-state index contributed by atoms with van der Waals surface area (Å²) in [6.07, 6.45) is 5.34. The molecular formula is C18H23BrN6O2S. The average Bonchev–Trinajstić information content (AvgIpc) is 3.03. The van der Waals surface area contributed by atoms with Crippen molar-refractivity contribution in [2.24, 2.45) is 0 Å². The molecule has 0 spiro atoms. The van der Waals surface area contributed by atoms with Crippen LogP contribution in [0.2, 0.25) is 0 Å². The Hall–Kier alpha value is -2.07. The van der Waals surface area contributed by atoms with Crippen molar-refractivity contribution >= 4 is 39.6 Å². The van der Waals surface area contributed by atoms with E-state index < -0.39 is 17.2 Å². The number of aromatic nitrogens is 3. The summed E-state index contributed by atoms with van der Waals surface area (Å²) in [7, 11) is 0. The van der Waals surface area contributed by atoms with Gasteiger partial charge in [-0.2, -0.15) is 0 Å². The number of thioether (sulfide) groups is 1. The maximum atomic E-state index is 12.3. The number of rotatable bonds is 5. The van der Waals surface area contributed by atoms with Crippen molar-refractivity contribution in [3.8, 4) is 11.4 Å². The topological polar surface area (TPSA) is 115 Å². The smallest absolute Gasteiger partial charge is 0.321 e. The number of amides is 3. The average molecular weight is 467 g/mol. The quantitative estimate of drug-likeness (QED) is 0.460. The monoisotopic (exact) mass is 466 g/mol. The van der Waals surface area contributed by atoms with Crippen LogP contribution in [0, 0.1) is 0 Å². The highest BCUT2D eigenvalue weighted by Crippen LogP contribution is 2.29. The minimum Gasteiger partial charge on any atom is -0.335 e. The second-order valence-electron chi connectivity index (χ2n) is 6.71. The molecule has 150 valence electrons. The minimum atomic E-state index is -0.560. The van der Waals surface area contributed by atoms with Crippen molar-refractivity contribution in [2.45, 2.75) is 55.5 Å². The molecule has 10 heteroatoms. The van der Waals surface area contributed by atoms with Gasteiger partial charge in [0.1, 0.15) is 0 Å². The number of nitrogens with zero attached hydrogens (tertiary/aromatic N) is 3. The molecule has 1 saturated carbocycles. The van der Waals surface area contributed by atoms with Crippen LogP contribution in [0.1, 0.15) is 39.0 Å². The molecule has 8 nitrogen and oxygen atoms in total. The van der Waals surface area contributed by atoms with Gasteiger partial charge in [-0.1, -0.05) is 59.1 Å². The van der Waals surface area contributed by atoms with E-state index in [1.807, 2.05) is 24.3 Å². The van der Waals surface area contributed by atoms with E-state index in [2.05, 4.69) is 36.8 Å². The van der Waals surface area contributed by atoms with E-state index >= 15 is 0 Å². The summed E-state index contributed by atoms with van der Waals surface area (Å²) in [5.74, 6) is 6.20. The largest absolute Gasteiger partial charge is 0.335 e. The van der Waals surface area contributed by atoms with Gasteiger partial charge in [-0.05, 0) is 31.9 Å². The summed E-state index contributed by atoms with van der Waals surface area (Å²) in [6, 6.07) is 7.22. The first-order chi connectivity index (χ1) is 13.5. The van der Waals surface area contributed by atoms with Gasteiger partial charge in [0, 0.05) is 16.1 Å². The summed E-state index contributed by atoms with van der Waals surface area (Å²) in [5, 5.41) is 13.3. The van der Waals surface area contributed by atoms with Crippen molar-refractivity contribution in [1.82, 2.24) is 25.5 Å². The van der Waals surface area contributed by atoms with Crippen LogP contribution >= 0.6 is 27.7 Å². The summed E-state index contributed by atoms with van der Waals surface area (Å²) < 4.78 is 2.19. The first kappa shape index (κ1) is 20.7. The van der Waals surface area contributed by atoms with Crippen LogP contribution in [0.15, 0.2) is 33.9 Å². The van der Waals surface area contributed by atoms with E-state index in [-0.39, 0.29) is 6.04 Å². The number of carbonyl (C=O) groups excluding carboxylic acids is 2. The van der Waals surface area contributed by atoms with Crippen LogP contribution in [-0.4, -0.2) is 38.1 Å². The van der Waals surface area contributed by atoms with Crippen molar-refractivity contribution < 1.29 is 9.59 Å². The second kappa shape index (κ2) is 9.42. The Labute approximate surface area is 176 Å². The van der Waals surface area contributed by atoms with Crippen molar-refractivity contribution in [3.05, 3.63) is 28.7 Å². The third kappa shape index (κ3) is 5.05. The highest BCUT2D eigenvalue weighted by molar-refractivity contribution is 9.10. The zero-order valence-corrected chi connectivity index (χ0v) is 17.9. The standard InChI is InChI=1S/C18H23BrN6O2S/c1-11(16(26)22-17(27)21-12-7-3-2-4-8-12)28-18-24-23-15(25(18)20)13-9-5-6-10-14(13)19/h5-6,9-12H,2-4,7-8,20H2,1H3,(H2,21,22,26,27)/t11-/m1/s1. The molecule has 3 rings (SSSR count). The lowest BCUT2D eigenvalue weighted by Crippen LogP contribution is -2.47. The second-order valence-corrected chi connectivity index (χ2v) is 8.88. The molecule has 3 amide bonds. The van der Waals surface area contributed by atoms with Gasteiger partial charge in [0.25, 0.3) is 0 Å². The highest BCUT2D eigenvalue weighted by atomic mass is 79.9. The molecular weight excluding hydrogens is 444 g/mol. The number of nitrogen functional groups attached to an aromatic ring is 1. The lowest BCUT2D eigenvalue weighted by atomic mass is 9.96. The normalized spacial score (nSPS) is 15.8. The Morgan fingerprint density at radius 1 is 1.25 bits per heavy atom. The number of imide groups is 1. The van der Waals surface area contributed by atoms with Gasteiger partial charge in [0.15, 0.2) is 5.82 Å². The van der Waals surface area contributed by atoms with Crippen LogP contribution in [0.3, 0.4) is 0 Å². The van der Waals surface area contributed by atoms with Gasteiger partial charge < -0.3 is 11.2 Å². The van der Waals surface area contributed by atoms with Gasteiger partial charge in [0.2, 0.25) is 11.1 Å². The molecule has 1 aliphatic rings. The molecule has 1 aromatic carbocycles. The Morgan fingerprint density at radius 2 is 1.96 bits per heavy atom. The fourth-order valence-corrected chi connectivity index (χ4v) is 4.31. The molecule has 1 aromatic heterocycles. The van der Waals surface area contributed by atoms with Crippen LogP contribution < -0.4 is 16.5 Å². The molecule has 1 aliphatic carbocycles. The maximum Gasteiger partial charge on any atom is 0.321 e. The molecule has 4 N–H and O–H groups in total. The molecule has 0 saturated heterocycles. The third-order valence-corrected chi connectivity index (χ3v) is 6.36. The van der Waals surface area contributed by atoms with E-state index in [1.165, 1.54) is 11.1 Å². The van der Waals surface area contributed by atoms with Crippen molar-refractivity contribution in [2.75, 3.05) is 5.84 Å². The van der Waals surface area contributed by atoms with Gasteiger partial charge in [-0.25, -0.2) is 9.47 Å². The number of halogens is 1. The first-order valence-electron chi connectivity index (χ1n) is 9.19. The SMILES string of the molecule is C[C@@H](Sc1nnc(-c2ccccc2Br)n1N)C(=O)NC(=O)NC1CCCCC1. The zero-order valence-electron chi connectivity index (χ0n) is 15.5. The number of nitrogens with two attached hydrogens (primary N) is 1. The maximum absolute atomic E-state index is 12.3.